The Hall–Kier alpha value is -3.19. The van der Waals surface area contributed by atoms with Crippen molar-refractivity contribution in [2.45, 2.75) is 62.5 Å². The van der Waals surface area contributed by atoms with Crippen LogP contribution in [0.3, 0.4) is 0 Å². The van der Waals surface area contributed by atoms with Gasteiger partial charge >= 0.3 is 12.4 Å². The molecule has 2 amide bonds. The molecule has 0 aliphatic carbocycles. The molecule has 3 aromatic carbocycles. The SMILES string of the molecule is Cl.O=C(c1cc(C(F)(F)F)cc(C(F)(F)F)c1)N1CC[C@H](CCN2CCC3(CC2)C(=O)NCN3c2ccccc2)C[C@H]1Cc1ccc(Cl)c(Cl)c1. The largest absolute Gasteiger partial charge is 0.416 e. The van der Waals surface area contributed by atoms with Crippen molar-refractivity contribution in [2.24, 2.45) is 5.92 Å². The van der Waals surface area contributed by atoms with E-state index in [-0.39, 0.29) is 36.8 Å². The molecule has 3 saturated heterocycles. The summed E-state index contributed by atoms with van der Waals surface area (Å²) in [5, 5.41) is 3.64. The molecule has 3 heterocycles. The molecule has 2 atom stereocenters. The lowest BCUT2D eigenvalue weighted by Crippen LogP contribution is -2.56. The summed E-state index contributed by atoms with van der Waals surface area (Å²) in [4.78, 5) is 32.7. The van der Waals surface area contributed by atoms with E-state index in [0.717, 1.165) is 37.3 Å². The molecule has 6 nitrogen and oxygen atoms in total. The fourth-order valence-corrected chi connectivity index (χ4v) is 7.91. The zero-order valence-corrected chi connectivity index (χ0v) is 29.7. The Morgan fingerprint density at radius 3 is 2.12 bits per heavy atom. The molecule has 51 heavy (non-hydrogen) atoms. The van der Waals surface area contributed by atoms with Crippen molar-refractivity contribution in [3.63, 3.8) is 0 Å². The first-order valence-electron chi connectivity index (χ1n) is 16.5. The molecular weight excluding hydrogens is 741 g/mol. The second-order valence-electron chi connectivity index (χ2n) is 13.4. The molecule has 3 aromatic rings. The standard InChI is InChI=1S/C36H36Cl2F6N4O2.ClH/c37-30-7-6-24(18-31(30)38)17-29-16-23(9-13-47(29)32(49)25-19-26(35(39,40)41)21-27(20-25)36(42,43)44)8-12-46-14-10-34(11-15-46)33(50)45-22-48(34)28-4-2-1-3-5-28;/h1-7,18-21,23,29H,8-17,22H2,(H,45,50);1H/t23-,29-;/m0./s1. The summed E-state index contributed by atoms with van der Waals surface area (Å²) in [5.74, 6) is -0.707. The number of nitrogens with one attached hydrogen (secondary N) is 1. The maximum Gasteiger partial charge on any atom is 0.416 e. The maximum atomic E-state index is 13.8. The Balaban J connectivity index is 0.00000504. The number of nitrogens with zero attached hydrogens (tertiary/aromatic N) is 3. The number of alkyl halides is 6. The zero-order valence-electron chi connectivity index (χ0n) is 27.4. The Kier molecular flexibility index (Phi) is 11.8. The van der Waals surface area contributed by atoms with Crippen LogP contribution in [-0.4, -0.2) is 66.0 Å². The van der Waals surface area contributed by atoms with E-state index < -0.39 is 46.5 Å². The number of para-hydroxylation sites is 1. The van der Waals surface area contributed by atoms with E-state index in [0.29, 0.717) is 61.0 Å². The molecule has 3 fully saturated rings. The second-order valence-corrected chi connectivity index (χ2v) is 14.2. The van der Waals surface area contributed by atoms with Crippen LogP contribution in [0.25, 0.3) is 0 Å². The summed E-state index contributed by atoms with van der Waals surface area (Å²) >= 11 is 12.4. The average Bonchev–Trinajstić information content (AvgIpc) is 3.39. The van der Waals surface area contributed by atoms with Crippen molar-refractivity contribution in [3.05, 3.63) is 99.0 Å². The van der Waals surface area contributed by atoms with E-state index in [9.17, 15) is 35.9 Å². The highest BCUT2D eigenvalue weighted by molar-refractivity contribution is 6.42. The van der Waals surface area contributed by atoms with Crippen LogP contribution >= 0.6 is 35.6 Å². The van der Waals surface area contributed by atoms with Gasteiger partial charge in [-0.1, -0.05) is 47.5 Å². The molecule has 0 radical (unpaired) electrons. The fourth-order valence-electron chi connectivity index (χ4n) is 7.58. The van der Waals surface area contributed by atoms with Gasteiger partial charge in [-0.05, 0) is 99.0 Å². The normalized spacial score (nSPS) is 21.1. The van der Waals surface area contributed by atoms with E-state index in [1.54, 1.807) is 18.2 Å². The second kappa shape index (κ2) is 15.4. The third-order valence-electron chi connectivity index (χ3n) is 10.3. The molecule has 276 valence electrons. The molecule has 6 rings (SSSR count). The molecule has 0 unspecified atom stereocenters. The van der Waals surface area contributed by atoms with Crippen LogP contribution in [0.15, 0.2) is 66.7 Å². The maximum absolute atomic E-state index is 13.8. The minimum absolute atomic E-state index is 0. The van der Waals surface area contributed by atoms with Gasteiger partial charge in [-0.15, -0.1) is 12.4 Å². The van der Waals surface area contributed by atoms with Gasteiger partial charge in [0.15, 0.2) is 0 Å². The van der Waals surface area contributed by atoms with Gasteiger partial charge in [0, 0.05) is 36.9 Å². The monoisotopic (exact) mass is 776 g/mol. The van der Waals surface area contributed by atoms with Crippen LogP contribution in [0.1, 0.15) is 59.2 Å². The number of hydrogen-bond donors (Lipinski definition) is 1. The summed E-state index contributed by atoms with van der Waals surface area (Å²) < 4.78 is 81.8. The molecule has 1 N–H and O–H groups in total. The fraction of sp³-hybridized carbons (Fsp3) is 0.444. The summed E-state index contributed by atoms with van der Waals surface area (Å²) in [7, 11) is 0. The third kappa shape index (κ3) is 8.56. The molecular formula is C36H37Cl3F6N4O2. The van der Waals surface area contributed by atoms with Crippen LogP contribution in [0.2, 0.25) is 10.0 Å². The average molecular weight is 778 g/mol. The number of piperidine rings is 2. The summed E-state index contributed by atoms with van der Waals surface area (Å²) in [6.07, 6.45) is -6.70. The van der Waals surface area contributed by atoms with Crippen molar-refractivity contribution in [1.29, 1.82) is 0 Å². The summed E-state index contributed by atoms with van der Waals surface area (Å²) in [6, 6.07) is 15.4. The van der Waals surface area contributed by atoms with Gasteiger partial charge in [0.25, 0.3) is 5.91 Å². The number of amides is 2. The first-order chi connectivity index (χ1) is 23.6. The number of halogens is 9. The highest BCUT2D eigenvalue weighted by Crippen LogP contribution is 2.39. The Morgan fingerprint density at radius 1 is 0.863 bits per heavy atom. The van der Waals surface area contributed by atoms with E-state index in [4.69, 9.17) is 23.2 Å². The molecule has 1 spiro atoms. The lowest BCUT2D eigenvalue weighted by atomic mass is 9.83. The van der Waals surface area contributed by atoms with Gasteiger partial charge in [-0.3, -0.25) is 9.59 Å². The molecule has 15 heteroatoms. The zero-order chi connectivity index (χ0) is 35.8. The molecule has 3 aliphatic rings. The summed E-state index contributed by atoms with van der Waals surface area (Å²) in [6.45, 7) is 2.82. The van der Waals surface area contributed by atoms with Gasteiger partial charge in [0.1, 0.15) is 5.54 Å². The molecule has 0 saturated carbocycles. The lowest BCUT2D eigenvalue weighted by molar-refractivity contribution is -0.143. The van der Waals surface area contributed by atoms with Crippen molar-refractivity contribution < 1.29 is 35.9 Å². The van der Waals surface area contributed by atoms with Crippen molar-refractivity contribution in [2.75, 3.05) is 37.7 Å². The number of carbonyl (C=O) groups is 2. The van der Waals surface area contributed by atoms with E-state index >= 15 is 0 Å². The predicted molar refractivity (Wildman–Crippen MR) is 186 cm³/mol. The minimum atomic E-state index is -5.07. The van der Waals surface area contributed by atoms with Crippen LogP contribution in [0, 0.1) is 5.92 Å². The Bertz CT molecular complexity index is 1680. The van der Waals surface area contributed by atoms with Gasteiger partial charge in [-0.2, -0.15) is 26.3 Å². The quantitative estimate of drug-likeness (QED) is 0.244. The predicted octanol–water partition coefficient (Wildman–Crippen LogP) is 8.73. The topological polar surface area (TPSA) is 55.9 Å². The van der Waals surface area contributed by atoms with E-state index in [2.05, 4.69) is 15.1 Å². The van der Waals surface area contributed by atoms with Crippen LogP contribution in [0.5, 0.6) is 0 Å². The Morgan fingerprint density at radius 2 is 1.51 bits per heavy atom. The van der Waals surface area contributed by atoms with Crippen LogP contribution in [-0.2, 0) is 23.6 Å². The molecule has 0 aromatic heterocycles. The smallest absolute Gasteiger partial charge is 0.339 e. The third-order valence-corrected chi connectivity index (χ3v) is 11.1. The first kappa shape index (κ1) is 39.0. The van der Waals surface area contributed by atoms with Crippen molar-refractivity contribution in [1.82, 2.24) is 15.1 Å². The molecule has 0 bridgehead atoms. The number of hydrogen-bond acceptors (Lipinski definition) is 4. The van der Waals surface area contributed by atoms with Crippen molar-refractivity contribution >= 4 is 53.1 Å². The number of carbonyl (C=O) groups excluding carboxylic acids is 2. The van der Waals surface area contributed by atoms with Gasteiger partial charge in [0.05, 0.1) is 27.8 Å². The summed E-state index contributed by atoms with van der Waals surface area (Å²) in [5.41, 5.74) is -2.60. The number of anilines is 1. The minimum Gasteiger partial charge on any atom is -0.339 e. The van der Waals surface area contributed by atoms with Crippen LogP contribution in [0.4, 0.5) is 32.0 Å². The van der Waals surface area contributed by atoms with Gasteiger partial charge < -0.3 is 20.0 Å². The lowest BCUT2D eigenvalue weighted by Gasteiger charge is -2.44. The van der Waals surface area contributed by atoms with Crippen LogP contribution < -0.4 is 10.2 Å². The van der Waals surface area contributed by atoms with E-state index in [1.165, 1.54) is 4.90 Å². The Labute approximate surface area is 308 Å². The first-order valence-corrected chi connectivity index (χ1v) is 17.3. The van der Waals surface area contributed by atoms with Gasteiger partial charge in [-0.25, -0.2) is 0 Å². The number of likely N-dealkylation sites (tertiary alicyclic amines) is 2. The van der Waals surface area contributed by atoms with Crippen molar-refractivity contribution in [3.8, 4) is 0 Å². The van der Waals surface area contributed by atoms with Gasteiger partial charge in [0.2, 0.25) is 5.91 Å². The molecule has 3 aliphatic heterocycles. The highest BCUT2D eigenvalue weighted by atomic mass is 35.5. The highest BCUT2D eigenvalue weighted by Gasteiger charge is 2.50. The number of benzene rings is 3. The number of rotatable bonds is 7. The van der Waals surface area contributed by atoms with E-state index in [1.807, 2.05) is 30.3 Å².